The molecule has 1 atom stereocenters. The van der Waals surface area contributed by atoms with Crippen LogP contribution in [-0.4, -0.2) is 36.4 Å². The highest BCUT2D eigenvalue weighted by Gasteiger charge is 2.10. The Labute approximate surface area is 106 Å². The molecule has 5 heteroatoms. The van der Waals surface area contributed by atoms with E-state index in [-0.39, 0.29) is 24.2 Å². The molecule has 0 saturated heterocycles. The van der Waals surface area contributed by atoms with Gasteiger partial charge in [-0.25, -0.2) is 0 Å². The second kappa shape index (κ2) is 6.86. The molecule has 0 bridgehead atoms. The van der Waals surface area contributed by atoms with E-state index >= 15 is 0 Å². The van der Waals surface area contributed by atoms with Crippen LogP contribution in [0.3, 0.4) is 0 Å². The van der Waals surface area contributed by atoms with Crippen LogP contribution in [-0.2, 0) is 0 Å². The number of phenolic OH excluding ortho intramolecular Hbond substituents is 1. The average Bonchev–Trinajstić information content (AvgIpc) is 2.36. The minimum atomic E-state index is -0.252. The molecule has 0 aliphatic carbocycles. The van der Waals surface area contributed by atoms with E-state index in [0.717, 1.165) is 0 Å². The summed E-state index contributed by atoms with van der Waals surface area (Å²) >= 11 is 0. The van der Waals surface area contributed by atoms with Crippen molar-refractivity contribution < 1.29 is 19.7 Å². The fourth-order valence-corrected chi connectivity index (χ4v) is 1.52. The van der Waals surface area contributed by atoms with Gasteiger partial charge in [0, 0.05) is 18.7 Å². The summed E-state index contributed by atoms with van der Waals surface area (Å²) in [7, 11) is 1.45. The number of ether oxygens (including phenoxy) is 1. The van der Waals surface area contributed by atoms with Crippen LogP contribution in [0.25, 0.3) is 0 Å². The molecule has 3 N–H and O–H groups in total. The summed E-state index contributed by atoms with van der Waals surface area (Å²) in [5, 5.41) is 21.1. The van der Waals surface area contributed by atoms with Gasteiger partial charge in [0.1, 0.15) is 0 Å². The lowest BCUT2D eigenvalue weighted by molar-refractivity contribution is 0.0945. The molecule has 1 rings (SSSR count). The van der Waals surface area contributed by atoms with Crippen molar-refractivity contribution in [1.29, 1.82) is 0 Å². The molecule has 0 saturated carbocycles. The Morgan fingerprint density at radius 3 is 2.78 bits per heavy atom. The number of carbonyl (C=O) groups is 1. The predicted molar refractivity (Wildman–Crippen MR) is 67.9 cm³/mol. The summed E-state index contributed by atoms with van der Waals surface area (Å²) < 4.78 is 4.90. The van der Waals surface area contributed by atoms with Crippen LogP contribution in [0.5, 0.6) is 11.5 Å². The maximum Gasteiger partial charge on any atom is 0.251 e. The molecular formula is C13H19NO4. The number of aliphatic hydroxyl groups excluding tert-OH is 1. The zero-order valence-corrected chi connectivity index (χ0v) is 10.6. The molecule has 5 nitrogen and oxygen atoms in total. The van der Waals surface area contributed by atoms with Crippen LogP contribution in [0.4, 0.5) is 0 Å². The molecule has 1 amide bonds. The van der Waals surface area contributed by atoms with E-state index in [2.05, 4.69) is 5.32 Å². The van der Waals surface area contributed by atoms with E-state index < -0.39 is 0 Å². The first-order chi connectivity index (χ1) is 8.58. The first-order valence-corrected chi connectivity index (χ1v) is 5.84. The number of methoxy groups -OCH3 is 1. The number of aliphatic hydroxyl groups is 1. The second-order valence-corrected chi connectivity index (χ2v) is 4.21. The van der Waals surface area contributed by atoms with Crippen molar-refractivity contribution in [3.05, 3.63) is 23.8 Å². The third kappa shape index (κ3) is 3.92. The molecule has 0 spiro atoms. The highest BCUT2D eigenvalue weighted by molar-refractivity contribution is 5.94. The SMILES string of the molecule is COc1ccc(C(=O)NCC(C)CCO)cc1O. The number of benzene rings is 1. The van der Waals surface area contributed by atoms with E-state index in [9.17, 15) is 9.90 Å². The number of nitrogens with one attached hydrogen (secondary N) is 1. The third-order valence-electron chi connectivity index (χ3n) is 2.67. The van der Waals surface area contributed by atoms with Gasteiger partial charge in [-0.05, 0) is 30.5 Å². The summed E-state index contributed by atoms with van der Waals surface area (Å²) in [6.45, 7) is 2.55. The Hall–Kier alpha value is -1.75. The predicted octanol–water partition coefficient (Wildman–Crippen LogP) is 1.15. The number of rotatable bonds is 6. The molecule has 0 radical (unpaired) electrons. The standard InChI is InChI=1S/C13H19NO4/c1-9(5-6-15)8-14-13(17)10-3-4-12(18-2)11(16)7-10/h3-4,7,9,15-16H,5-6,8H2,1-2H3,(H,14,17). The van der Waals surface area contributed by atoms with Gasteiger partial charge in [0.2, 0.25) is 0 Å². The lowest BCUT2D eigenvalue weighted by atomic mass is 10.1. The lowest BCUT2D eigenvalue weighted by Crippen LogP contribution is -2.28. The van der Waals surface area contributed by atoms with Gasteiger partial charge in [-0.2, -0.15) is 0 Å². The van der Waals surface area contributed by atoms with E-state index in [0.29, 0.717) is 24.3 Å². The van der Waals surface area contributed by atoms with Crippen molar-refractivity contribution >= 4 is 5.91 Å². The Kier molecular flexibility index (Phi) is 5.45. The topological polar surface area (TPSA) is 78.8 Å². The van der Waals surface area contributed by atoms with Gasteiger partial charge >= 0.3 is 0 Å². The number of hydrogen-bond donors (Lipinski definition) is 3. The molecular weight excluding hydrogens is 234 g/mol. The highest BCUT2D eigenvalue weighted by Crippen LogP contribution is 2.26. The van der Waals surface area contributed by atoms with Crippen LogP contribution < -0.4 is 10.1 Å². The summed E-state index contributed by atoms with van der Waals surface area (Å²) in [5.41, 5.74) is 0.379. The molecule has 0 fully saturated rings. The quantitative estimate of drug-likeness (QED) is 0.710. The van der Waals surface area contributed by atoms with E-state index in [1.807, 2.05) is 6.92 Å². The van der Waals surface area contributed by atoms with Crippen LogP contribution in [0.1, 0.15) is 23.7 Å². The van der Waals surface area contributed by atoms with Crippen LogP contribution in [0.15, 0.2) is 18.2 Å². The summed E-state index contributed by atoms with van der Waals surface area (Å²) in [6.07, 6.45) is 0.647. The first kappa shape index (κ1) is 14.3. The highest BCUT2D eigenvalue weighted by atomic mass is 16.5. The van der Waals surface area contributed by atoms with Gasteiger partial charge < -0.3 is 20.3 Å². The number of carbonyl (C=O) groups excluding carboxylic acids is 1. The van der Waals surface area contributed by atoms with Crippen LogP contribution >= 0.6 is 0 Å². The summed E-state index contributed by atoms with van der Waals surface area (Å²) in [5.74, 6) is 0.234. The van der Waals surface area contributed by atoms with E-state index in [1.165, 1.54) is 13.2 Å². The number of aromatic hydroxyl groups is 1. The van der Waals surface area contributed by atoms with Gasteiger partial charge in [-0.15, -0.1) is 0 Å². The molecule has 1 aromatic rings. The fourth-order valence-electron chi connectivity index (χ4n) is 1.52. The van der Waals surface area contributed by atoms with Crippen molar-refractivity contribution in [2.45, 2.75) is 13.3 Å². The Balaban J connectivity index is 2.59. The lowest BCUT2D eigenvalue weighted by Gasteiger charge is -2.11. The van der Waals surface area contributed by atoms with Crippen molar-refractivity contribution in [3.63, 3.8) is 0 Å². The number of hydrogen-bond acceptors (Lipinski definition) is 4. The van der Waals surface area contributed by atoms with E-state index in [1.54, 1.807) is 12.1 Å². The Morgan fingerprint density at radius 1 is 1.50 bits per heavy atom. The molecule has 0 heterocycles. The van der Waals surface area contributed by atoms with Crippen molar-refractivity contribution in [3.8, 4) is 11.5 Å². The second-order valence-electron chi connectivity index (χ2n) is 4.21. The normalized spacial score (nSPS) is 11.9. The molecule has 1 aromatic carbocycles. The van der Waals surface area contributed by atoms with Crippen molar-refractivity contribution in [2.24, 2.45) is 5.92 Å². The summed E-state index contributed by atoms with van der Waals surface area (Å²) in [6, 6.07) is 4.50. The van der Waals surface area contributed by atoms with Gasteiger partial charge in [0.25, 0.3) is 5.91 Å². The third-order valence-corrected chi connectivity index (χ3v) is 2.67. The molecule has 18 heavy (non-hydrogen) atoms. The van der Waals surface area contributed by atoms with Gasteiger partial charge in [-0.3, -0.25) is 4.79 Å². The largest absolute Gasteiger partial charge is 0.504 e. The summed E-state index contributed by atoms with van der Waals surface area (Å²) in [4.78, 5) is 11.8. The molecule has 100 valence electrons. The zero-order chi connectivity index (χ0) is 13.5. The minimum absolute atomic E-state index is 0.0615. The van der Waals surface area contributed by atoms with Gasteiger partial charge in [-0.1, -0.05) is 6.92 Å². The molecule has 1 unspecified atom stereocenters. The number of phenols is 1. The number of amides is 1. The van der Waals surface area contributed by atoms with Gasteiger partial charge in [0.15, 0.2) is 11.5 Å². The van der Waals surface area contributed by atoms with E-state index in [4.69, 9.17) is 9.84 Å². The first-order valence-electron chi connectivity index (χ1n) is 5.84. The fraction of sp³-hybridized carbons (Fsp3) is 0.462. The van der Waals surface area contributed by atoms with Gasteiger partial charge in [0.05, 0.1) is 7.11 Å². The smallest absolute Gasteiger partial charge is 0.251 e. The maximum absolute atomic E-state index is 11.8. The molecule has 0 aromatic heterocycles. The Bertz CT molecular complexity index is 406. The maximum atomic E-state index is 11.8. The van der Waals surface area contributed by atoms with Crippen LogP contribution in [0, 0.1) is 5.92 Å². The molecule has 0 aliphatic rings. The van der Waals surface area contributed by atoms with Crippen molar-refractivity contribution in [1.82, 2.24) is 5.32 Å². The minimum Gasteiger partial charge on any atom is -0.504 e. The average molecular weight is 253 g/mol. The molecule has 0 aliphatic heterocycles. The zero-order valence-electron chi connectivity index (χ0n) is 10.6. The van der Waals surface area contributed by atoms with Crippen molar-refractivity contribution in [2.75, 3.05) is 20.3 Å². The van der Waals surface area contributed by atoms with Crippen LogP contribution in [0.2, 0.25) is 0 Å². The Morgan fingerprint density at radius 2 is 2.22 bits per heavy atom. The monoisotopic (exact) mass is 253 g/mol.